The van der Waals surface area contributed by atoms with Crippen molar-refractivity contribution in [3.05, 3.63) is 26.5 Å². The van der Waals surface area contributed by atoms with Crippen molar-refractivity contribution in [1.29, 1.82) is 0 Å². The van der Waals surface area contributed by atoms with E-state index in [4.69, 9.17) is 5.73 Å². The summed E-state index contributed by atoms with van der Waals surface area (Å²) < 4.78 is 0. The zero-order valence-corrected chi connectivity index (χ0v) is 4.54. The average Bonchev–Trinajstić information content (AvgIpc) is 1.68. The summed E-state index contributed by atoms with van der Waals surface area (Å²) >= 11 is 0. The molecule has 40 valence electrons. The van der Waals surface area contributed by atoms with Gasteiger partial charge in [-0.15, -0.1) is 6.54 Å². The summed E-state index contributed by atoms with van der Waals surface area (Å²) in [6, 6.07) is 0. The molecule has 1 heteroatoms. The van der Waals surface area contributed by atoms with Crippen molar-refractivity contribution in [2.45, 2.75) is 6.42 Å². The van der Waals surface area contributed by atoms with Gasteiger partial charge in [0.25, 0.3) is 0 Å². The van der Waals surface area contributed by atoms with Gasteiger partial charge in [0.15, 0.2) is 0 Å². The second kappa shape index (κ2) is 2.12. The molecule has 0 radical (unpaired) electrons. The number of hydrogen-bond acceptors (Lipinski definition) is 0. The molecule has 0 aromatic rings. The highest BCUT2D eigenvalue weighted by Gasteiger charge is 2.11. The minimum atomic E-state index is -0.361. The molecule has 0 aromatic heterocycles. The molecule has 0 aromatic carbocycles. The van der Waals surface area contributed by atoms with E-state index in [1.54, 1.807) is 0 Å². The van der Waals surface area contributed by atoms with Crippen LogP contribution in [0.15, 0.2) is 0 Å². The molecule has 7 heavy (non-hydrogen) atoms. The van der Waals surface area contributed by atoms with E-state index in [9.17, 15) is 0 Å². The largest absolute Gasteiger partial charge is 0.676 e. The Labute approximate surface area is 45.9 Å². The van der Waals surface area contributed by atoms with Crippen LogP contribution in [0.2, 0.25) is 0 Å². The first kappa shape index (κ1) is 6.70. The van der Waals surface area contributed by atoms with Crippen molar-refractivity contribution in [2.24, 2.45) is 5.41 Å². The van der Waals surface area contributed by atoms with Crippen molar-refractivity contribution in [2.75, 3.05) is 6.54 Å². The lowest BCUT2D eigenvalue weighted by molar-refractivity contribution is 0.535. The molecule has 0 spiro atoms. The molecule has 0 saturated carbocycles. The van der Waals surface area contributed by atoms with E-state index < -0.39 is 0 Å². The fourth-order valence-electron chi connectivity index (χ4n) is 0.0884. The Balaban J connectivity index is 3.36. The molecule has 0 aliphatic heterocycles. The van der Waals surface area contributed by atoms with Gasteiger partial charge in [-0.25, -0.2) is 0 Å². The fourth-order valence-corrected chi connectivity index (χ4v) is 0.0884. The number of rotatable bonds is 2. The molecular formula is C6H11N. The van der Waals surface area contributed by atoms with Crippen molar-refractivity contribution in [3.8, 4) is 0 Å². The second-order valence-electron chi connectivity index (χ2n) is 1.93. The van der Waals surface area contributed by atoms with Gasteiger partial charge in [0.2, 0.25) is 0 Å². The summed E-state index contributed by atoms with van der Waals surface area (Å²) in [6.07, 6.45) is 0.635. The summed E-state index contributed by atoms with van der Waals surface area (Å²) in [7, 11) is 0. The van der Waals surface area contributed by atoms with E-state index in [1.165, 1.54) is 0 Å². The van der Waals surface area contributed by atoms with Gasteiger partial charge in [-0.3, -0.25) is 6.92 Å². The van der Waals surface area contributed by atoms with E-state index >= 15 is 0 Å². The minimum absolute atomic E-state index is 0.260. The molecular weight excluding hydrogens is 86.1 g/mol. The zero-order chi connectivity index (χ0) is 5.91. The summed E-state index contributed by atoms with van der Waals surface area (Å²) in [6.45, 7) is 11.1. The molecule has 0 aliphatic carbocycles. The molecule has 0 heterocycles. The average molecular weight is 97.2 g/mol. The van der Waals surface area contributed by atoms with Crippen LogP contribution in [-0.4, -0.2) is 6.54 Å². The zero-order valence-electron chi connectivity index (χ0n) is 4.54. The topological polar surface area (TPSA) is 23.8 Å². The van der Waals surface area contributed by atoms with Crippen molar-refractivity contribution in [3.63, 3.8) is 0 Å². The normalized spacial score (nSPS) is 18.6. The van der Waals surface area contributed by atoms with Gasteiger partial charge in [-0.05, 0) is 0 Å². The highest BCUT2D eigenvalue weighted by Crippen LogP contribution is 2.16. The van der Waals surface area contributed by atoms with Crippen LogP contribution >= 0.6 is 0 Å². The van der Waals surface area contributed by atoms with Crippen LogP contribution in [0.5, 0.6) is 0 Å². The quantitative estimate of drug-likeness (QED) is 0.470. The predicted molar refractivity (Wildman–Crippen MR) is 32.3 cm³/mol. The lowest BCUT2D eigenvalue weighted by atomic mass is 9.91. The molecule has 0 atom stereocenters. The maximum absolute atomic E-state index is 6.84. The molecule has 0 fully saturated rings. The first-order valence-corrected chi connectivity index (χ1v) is 2.27. The van der Waals surface area contributed by atoms with Crippen LogP contribution in [0.1, 0.15) is 6.42 Å². The third-order valence-electron chi connectivity index (χ3n) is 0.905. The van der Waals surface area contributed by atoms with Crippen LogP contribution in [0.3, 0.4) is 0 Å². The van der Waals surface area contributed by atoms with E-state index in [0.717, 1.165) is 0 Å². The lowest BCUT2D eigenvalue weighted by Crippen LogP contribution is -2.12. The predicted octanol–water partition coefficient (Wildman–Crippen LogP) is 1.92. The second-order valence-corrected chi connectivity index (χ2v) is 1.93. The summed E-state index contributed by atoms with van der Waals surface area (Å²) in [4.78, 5) is 0. The molecule has 1 N–H and O–H groups in total. The molecule has 0 saturated heterocycles. The highest BCUT2D eigenvalue weighted by atomic mass is 14.6. The molecule has 0 amide bonds. The Bertz CT molecular complexity index is 42.1. The van der Waals surface area contributed by atoms with Crippen LogP contribution in [-0.2, 0) is 0 Å². The Morgan fingerprint density at radius 3 is 2.14 bits per heavy atom. The lowest BCUT2D eigenvalue weighted by Gasteiger charge is -2.20. The first-order valence-electron chi connectivity index (χ1n) is 2.27. The number of hydrogen-bond donors (Lipinski definition) is 0. The van der Waals surface area contributed by atoms with Gasteiger partial charge in [-0.1, -0.05) is 0 Å². The third kappa shape index (κ3) is 2.40. The smallest absolute Gasteiger partial charge is 0.100 e. The highest BCUT2D eigenvalue weighted by molar-refractivity contribution is 4.89. The SMILES string of the molecule is [CH2+]CC([CH2+])([CH2-])C[NH-]. The van der Waals surface area contributed by atoms with Gasteiger partial charge in [0.05, 0.1) is 6.92 Å². The Morgan fingerprint density at radius 2 is 2.14 bits per heavy atom. The molecule has 0 rings (SSSR count). The summed E-state index contributed by atoms with van der Waals surface area (Å²) in [5.41, 5.74) is 6.48. The summed E-state index contributed by atoms with van der Waals surface area (Å²) in [5, 5.41) is 0. The Hall–Kier alpha value is -0.300. The third-order valence-corrected chi connectivity index (χ3v) is 0.905. The monoisotopic (exact) mass is 97.1 g/mol. The molecule has 0 bridgehead atoms. The van der Waals surface area contributed by atoms with Gasteiger partial charge >= 0.3 is 0 Å². The van der Waals surface area contributed by atoms with Gasteiger partial charge in [-0.2, -0.15) is 0 Å². The Morgan fingerprint density at radius 1 is 1.71 bits per heavy atom. The van der Waals surface area contributed by atoms with Crippen LogP contribution in [0.4, 0.5) is 0 Å². The fraction of sp³-hybridized carbons (Fsp3) is 0.500. The Kier molecular flexibility index (Phi) is 2.03. The van der Waals surface area contributed by atoms with E-state index in [-0.39, 0.29) is 12.0 Å². The maximum Gasteiger partial charge on any atom is 0.100 e. The number of nitrogens with one attached hydrogen (secondary N) is 1. The molecule has 1 nitrogen and oxygen atoms in total. The van der Waals surface area contributed by atoms with E-state index in [1.807, 2.05) is 0 Å². The van der Waals surface area contributed by atoms with Crippen LogP contribution in [0, 0.1) is 26.2 Å². The molecule has 0 aliphatic rings. The van der Waals surface area contributed by atoms with E-state index in [2.05, 4.69) is 20.8 Å². The van der Waals surface area contributed by atoms with Gasteiger partial charge < -0.3 is 5.73 Å². The molecule has 0 unspecified atom stereocenters. The van der Waals surface area contributed by atoms with Gasteiger partial charge in [0.1, 0.15) is 6.42 Å². The minimum Gasteiger partial charge on any atom is -0.676 e. The van der Waals surface area contributed by atoms with Crippen molar-refractivity contribution >= 4 is 0 Å². The van der Waals surface area contributed by atoms with Crippen molar-refractivity contribution < 1.29 is 0 Å². The van der Waals surface area contributed by atoms with E-state index in [0.29, 0.717) is 6.42 Å². The first-order chi connectivity index (χ1) is 3.12. The van der Waals surface area contributed by atoms with Crippen molar-refractivity contribution in [1.82, 2.24) is 0 Å². The maximum atomic E-state index is 6.84. The summed E-state index contributed by atoms with van der Waals surface area (Å²) in [5.74, 6) is 0. The van der Waals surface area contributed by atoms with Crippen LogP contribution < -0.4 is 0 Å². The standard InChI is InChI=1S/C6H11N/c1-4-6(2,3)5-7/h7H,1-5H2. The van der Waals surface area contributed by atoms with Crippen LogP contribution in [0.25, 0.3) is 5.73 Å². The van der Waals surface area contributed by atoms with Gasteiger partial charge in [0, 0.05) is 12.3 Å².